The van der Waals surface area contributed by atoms with Gasteiger partial charge >= 0.3 is 0 Å². The Labute approximate surface area is 148 Å². The van der Waals surface area contributed by atoms with Crippen LogP contribution < -0.4 is 19.5 Å². The van der Waals surface area contributed by atoms with Crippen LogP contribution in [0.4, 0.5) is 0 Å². The molecule has 0 heterocycles. The number of aryl methyl sites for hydroxylation is 1. The zero-order chi connectivity index (χ0) is 18.2. The summed E-state index contributed by atoms with van der Waals surface area (Å²) in [5, 5.41) is 2.84. The minimum Gasteiger partial charge on any atom is -0.493 e. The van der Waals surface area contributed by atoms with Crippen LogP contribution in [0.2, 0.25) is 0 Å². The maximum absolute atomic E-state index is 12.0. The SMILES string of the molecule is COc1cc(CNC(=O)/C=C/c2ccc(C)cc2)cc(OC)c1OC. The lowest BCUT2D eigenvalue weighted by atomic mass is 10.1. The predicted molar refractivity (Wildman–Crippen MR) is 98.2 cm³/mol. The van der Waals surface area contributed by atoms with Crippen molar-refractivity contribution in [1.29, 1.82) is 0 Å². The van der Waals surface area contributed by atoms with Crippen LogP contribution in [-0.2, 0) is 11.3 Å². The van der Waals surface area contributed by atoms with E-state index in [1.165, 1.54) is 11.6 Å². The molecular formula is C20H23NO4. The molecule has 2 rings (SSSR count). The van der Waals surface area contributed by atoms with Crippen LogP contribution in [0.5, 0.6) is 17.2 Å². The lowest BCUT2D eigenvalue weighted by Crippen LogP contribution is -2.20. The monoisotopic (exact) mass is 341 g/mol. The first-order valence-electron chi connectivity index (χ1n) is 7.89. The van der Waals surface area contributed by atoms with Gasteiger partial charge in [-0.05, 0) is 36.3 Å². The second kappa shape index (κ2) is 8.78. The van der Waals surface area contributed by atoms with E-state index >= 15 is 0 Å². The molecule has 5 heteroatoms. The molecule has 0 atom stereocenters. The average molecular weight is 341 g/mol. The van der Waals surface area contributed by atoms with Gasteiger partial charge in [-0.25, -0.2) is 0 Å². The Bertz CT molecular complexity index is 726. The summed E-state index contributed by atoms with van der Waals surface area (Å²) in [6.07, 6.45) is 3.30. The highest BCUT2D eigenvalue weighted by Gasteiger charge is 2.13. The molecule has 0 fully saturated rings. The minimum atomic E-state index is -0.172. The first-order valence-corrected chi connectivity index (χ1v) is 7.89. The van der Waals surface area contributed by atoms with E-state index in [1.54, 1.807) is 27.4 Å². The molecule has 2 aromatic carbocycles. The summed E-state index contributed by atoms with van der Waals surface area (Å²) in [7, 11) is 4.67. The maximum atomic E-state index is 12.0. The number of carbonyl (C=O) groups is 1. The summed E-state index contributed by atoms with van der Waals surface area (Å²) < 4.78 is 15.9. The molecule has 0 bridgehead atoms. The van der Waals surface area contributed by atoms with E-state index in [9.17, 15) is 4.79 Å². The number of methoxy groups -OCH3 is 3. The molecule has 132 valence electrons. The summed E-state index contributed by atoms with van der Waals surface area (Å²) in [6.45, 7) is 2.38. The third-order valence-corrected chi connectivity index (χ3v) is 3.70. The number of rotatable bonds is 7. The summed E-state index contributed by atoms with van der Waals surface area (Å²) in [5.41, 5.74) is 3.02. The van der Waals surface area contributed by atoms with Gasteiger partial charge in [0.1, 0.15) is 0 Å². The van der Waals surface area contributed by atoms with Gasteiger partial charge in [0.25, 0.3) is 0 Å². The van der Waals surface area contributed by atoms with Crippen LogP contribution in [0.3, 0.4) is 0 Å². The van der Waals surface area contributed by atoms with Crippen molar-refractivity contribution >= 4 is 12.0 Å². The van der Waals surface area contributed by atoms with Crippen molar-refractivity contribution in [1.82, 2.24) is 5.32 Å². The summed E-state index contributed by atoms with van der Waals surface area (Å²) in [6, 6.07) is 11.6. The van der Waals surface area contributed by atoms with E-state index in [4.69, 9.17) is 14.2 Å². The number of ether oxygens (including phenoxy) is 3. The Hall–Kier alpha value is -2.95. The third kappa shape index (κ3) is 5.01. The van der Waals surface area contributed by atoms with Gasteiger partial charge in [0.15, 0.2) is 11.5 Å². The first kappa shape index (κ1) is 18.4. The van der Waals surface area contributed by atoms with Crippen molar-refractivity contribution in [2.75, 3.05) is 21.3 Å². The number of amides is 1. The van der Waals surface area contributed by atoms with E-state index in [0.29, 0.717) is 23.8 Å². The van der Waals surface area contributed by atoms with Crippen molar-refractivity contribution in [2.45, 2.75) is 13.5 Å². The van der Waals surface area contributed by atoms with Gasteiger partial charge < -0.3 is 19.5 Å². The van der Waals surface area contributed by atoms with Gasteiger partial charge in [0.2, 0.25) is 11.7 Å². The zero-order valence-corrected chi connectivity index (χ0v) is 15.0. The van der Waals surface area contributed by atoms with Crippen LogP contribution in [-0.4, -0.2) is 27.2 Å². The Morgan fingerprint density at radius 1 is 1.00 bits per heavy atom. The lowest BCUT2D eigenvalue weighted by Gasteiger charge is -2.14. The molecule has 5 nitrogen and oxygen atoms in total. The number of hydrogen-bond acceptors (Lipinski definition) is 4. The maximum Gasteiger partial charge on any atom is 0.244 e. The predicted octanol–water partition coefficient (Wildman–Crippen LogP) is 3.35. The van der Waals surface area contributed by atoms with Crippen LogP contribution in [0, 0.1) is 6.92 Å². The van der Waals surface area contributed by atoms with E-state index in [2.05, 4.69) is 5.32 Å². The molecule has 0 aromatic heterocycles. The highest BCUT2D eigenvalue weighted by molar-refractivity contribution is 5.91. The van der Waals surface area contributed by atoms with Crippen molar-refractivity contribution in [2.24, 2.45) is 0 Å². The minimum absolute atomic E-state index is 0.172. The first-order chi connectivity index (χ1) is 12.1. The topological polar surface area (TPSA) is 56.8 Å². The fourth-order valence-corrected chi connectivity index (χ4v) is 2.34. The number of benzene rings is 2. The second-order valence-corrected chi connectivity index (χ2v) is 5.50. The van der Waals surface area contributed by atoms with Crippen LogP contribution in [0.15, 0.2) is 42.5 Å². The molecule has 0 aliphatic carbocycles. The average Bonchev–Trinajstić information content (AvgIpc) is 2.64. The molecular weight excluding hydrogens is 318 g/mol. The van der Waals surface area contributed by atoms with E-state index in [-0.39, 0.29) is 5.91 Å². The Balaban J connectivity index is 2.02. The van der Waals surface area contributed by atoms with Crippen LogP contribution >= 0.6 is 0 Å². The van der Waals surface area contributed by atoms with E-state index in [1.807, 2.05) is 43.3 Å². The van der Waals surface area contributed by atoms with Crippen molar-refractivity contribution in [3.05, 3.63) is 59.2 Å². The largest absolute Gasteiger partial charge is 0.493 e. The standard InChI is InChI=1S/C20H23NO4/c1-14-5-7-15(8-6-14)9-10-19(22)21-13-16-11-17(23-2)20(25-4)18(12-16)24-3/h5-12H,13H2,1-4H3,(H,21,22)/b10-9+. The summed E-state index contributed by atoms with van der Waals surface area (Å²) >= 11 is 0. The quantitative estimate of drug-likeness (QED) is 0.785. The second-order valence-electron chi connectivity index (χ2n) is 5.50. The summed E-state index contributed by atoms with van der Waals surface area (Å²) in [5.74, 6) is 1.47. The van der Waals surface area contributed by atoms with Gasteiger partial charge in [-0.1, -0.05) is 29.8 Å². The van der Waals surface area contributed by atoms with Gasteiger partial charge in [-0.15, -0.1) is 0 Å². The van der Waals surface area contributed by atoms with Gasteiger partial charge in [-0.2, -0.15) is 0 Å². The van der Waals surface area contributed by atoms with Crippen molar-refractivity contribution in [3.8, 4) is 17.2 Å². The molecule has 0 saturated heterocycles. The molecule has 0 radical (unpaired) electrons. The number of carbonyl (C=O) groups excluding carboxylic acids is 1. The van der Waals surface area contributed by atoms with E-state index < -0.39 is 0 Å². The molecule has 0 saturated carbocycles. The molecule has 0 unspecified atom stereocenters. The Kier molecular flexibility index (Phi) is 6.46. The lowest BCUT2D eigenvalue weighted by molar-refractivity contribution is -0.116. The number of nitrogens with one attached hydrogen (secondary N) is 1. The highest BCUT2D eigenvalue weighted by Crippen LogP contribution is 2.38. The molecule has 1 N–H and O–H groups in total. The molecule has 1 amide bonds. The molecule has 25 heavy (non-hydrogen) atoms. The normalized spacial score (nSPS) is 10.6. The molecule has 0 spiro atoms. The molecule has 0 aliphatic heterocycles. The Morgan fingerprint density at radius 3 is 2.12 bits per heavy atom. The van der Waals surface area contributed by atoms with Gasteiger partial charge in [0, 0.05) is 12.6 Å². The Morgan fingerprint density at radius 2 is 1.60 bits per heavy atom. The van der Waals surface area contributed by atoms with Crippen molar-refractivity contribution in [3.63, 3.8) is 0 Å². The van der Waals surface area contributed by atoms with E-state index in [0.717, 1.165) is 11.1 Å². The molecule has 0 aliphatic rings. The van der Waals surface area contributed by atoms with Gasteiger partial charge in [-0.3, -0.25) is 4.79 Å². The third-order valence-electron chi connectivity index (χ3n) is 3.70. The molecule has 2 aromatic rings. The smallest absolute Gasteiger partial charge is 0.244 e. The van der Waals surface area contributed by atoms with Crippen LogP contribution in [0.25, 0.3) is 6.08 Å². The highest BCUT2D eigenvalue weighted by atomic mass is 16.5. The van der Waals surface area contributed by atoms with Gasteiger partial charge in [0.05, 0.1) is 21.3 Å². The van der Waals surface area contributed by atoms with Crippen molar-refractivity contribution < 1.29 is 19.0 Å². The summed E-state index contributed by atoms with van der Waals surface area (Å²) in [4.78, 5) is 12.0. The fourth-order valence-electron chi connectivity index (χ4n) is 2.34. The zero-order valence-electron chi connectivity index (χ0n) is 15.0. The van der Waals surface area contributed by atoms with Crippen LogP contribution in [0.1, 0.15) is 16.7 Å². The number of hydrogen-bond donors (Lipinski definition) is 1. The fraction of sp³-hybridized carbons (Fsp3) is 0.250.